The van der Waals surface area contributed by atoms with Gasteiger partial charge in [0, 0.05) is 4.47 Å². The molecule has 0 amide bonds. The molecule has 1 aromatic rings. The quantitative estimate of drug-likeness (QED) is 0.692. The van der Waals surface area contributed by atoms with E-state index in [9.17, 15) is 5.11 Å². The van der Waals surface area contributed by atoms with E-state index in [4.69, 9.17) is 0 Å². The molecule has 0 aromatic heterocycles. The van der Waals surface area contributed by atoms with Crippen molar-refractivity contribution in [2.75, 3.05) is 0 Å². The molecule has 0 aliphatic heterocycles. The van der Waals surface area contributed by atoms with Gasteiger partial charge in [0.05, 0.1) is 0 Å². The fourth-order valence-corrected chi connectivity index (χ4v) is 0.845. The van der Waals surface area contributed by atoms with Crippen LogP contribution in [0.3, 0.4) is 0 Å². The van der Waals surface area contributed by atoms with Gasteiger partial charge >= 0.3 is 0 Å². The molecule has 0 aliphatic rings. The van der Waals surface area contributed by atoms with Gasteiger partial charge in [-0.1, -0.05) is 28.1 Å². The van der Waals surface area contributed by atoms with Crippen molar-refractivity contribution < 1.29 is 5.11 Å². The standard InChI is InChI=1S/C7H6BrO.H2S/c8-7-3-1-6(5-9)2-4-7;/h1-4H,5H2;1H2. The highest BCUT2D eigenvalue weighted by Gasteiger charge is 1.88. The van der Waals surface area contributed by atoms with Crippen LogP contribution in [0.1, 0.15) is 5.56 Å². The van der Waals surface area contributed by atoms with E-state index >= 15 is 0 Å². The Balaban J connectivity index is 0.000000810. The Bertz CT molecular complexity index is 185. The molecule has 0 unspecified atom stereocenters. The van der Waals surface area contributed by atoms with Crippen molar-refractivity contribution in [3.05, 3.63) is 34.3 Å². The van der Waals surface area contributed by atoms with Gasteiger partial charge in [-0.15, -0.1) is 0 Å². The molecule has 55 valence electrons. The number of hydrogen-bond acceptors (Lipinski definition) is 0. The number of hydrogen-bond donors (Lipinski definition) is 0. The molecule has 0 saturated carbocycles. The van der Waals surface area contributed by atoms with Crippen molar-refractivity contribution in [2.24, 2.45) is 0 Å². The van der Waals surface area contributed by atoms with Gasteiger partial charge in [0.15, 0.2) is 0 Å². The molecule has 0 saturated heterocycles. The Morgan fingerprint density at radius 2 is 1.70 bits per heavy atom. The molecule has 10 heavy (non-hydrogen) atoms. The molecule has 3 heteroatoms. The van der Waals surface area contributed by atoms with E-state index in [0.29, 0.717) is 0 Å². The van der Waals surface area contributed by atoms with Gasteiger partial charge in [-0.2, -0.15) is 13.5 Å². The summed E-state index contributed by atoms with van der Waals surface area (Å²) in [6.07, 6.45) is 0. The van der Waals surface area contributed by atoms with E-state index in [1.807, 2.05) is 24.3 Å². The van der Waals surface area contributed by atoms with Gasteiger partial charge in [0.25, 0.3) is 0 Å². The molecular weight excluding hydrogens is 212 g/mol. The first-order chi connectivity index (χ1) is 4.33. The lowest BCUT2D eigenvalue weighted by molar-refractivity contribution is 0.177. The molecule has 0 bridgehead atoms. The highest BCUT2D eigenvalue weighted by molar-refractivity contribution is 9.10. The second-order valence-corrected chi connectivity index (χ2v) is 2.69. The van der Waals surface area contributed by atoms with Crippen LogP contribution < -0.4 is 0 Å². The summed E-state index contributed by atoms with van der Waals surface area (Å²) < 4.78 is 1.01. The third-order valence-corrected chi connectivity index (χ3v) is 1.61. The summed E-state index contributed by atoms with van der Waals surface area (Å²) in [5, 5.41) is 10.2. The van der Waals surface area contributed by atoms with Crippen LogP contribution in [0.4, 0.5) is 0 Å². The summed E-state index contributed by atoms with van der Waals surface area (Å²) in [6, 6.07) is 7.37. The number of rotatable bonds is 1. The lowest BCUT2D eigenvalue weighted by Gasteiger charge is -1.91. The molecule has 1 aromatic carbocycles. The first-order valence-corrected chi connectivity index (χ1v) is 3.45. The van der Waals surface area contributed by atoms with Crippen LogP contribution >= 0.6 is 29.4 Å². The summed E-state index contributed by atoms with van der Waals surface area (Å²) >= 11 is 3.27. The zero-order valence-corrected chi connectivity index (χ0v) is 7.89. The van der Waals surface area contributed by atoms with Crippen molar-refractivity contribution in [1.82, 2.24) is 0 Å². The average Bonchev–Trinajstić information content (AvgIpc) is 1.90. The third-order valence-electron chi connectivity index (χ3n) is 1.08. The fourth-order valence-electron chi connectivity index (χ4n) is 0.581. The minimum Gasteiger partial charge on any atom is -0.232 e. The van der Waals surface area contributed by atoms with Gasteiger partial charge < -0.3 is 0 Å². The first kappa shape index (κ1) is 10.0. The molecule has 0 spiro atoms. The van der Waals surface area contributed by atoms with Crippen LogP contribution in [0.2, 0.25) is 0 Å². The highest BCUT2D eigenvalue weighted by atomic mass is 79.9. The van der Waals surface area contributed by atoms with E-state index < -0.39 is 0 Å². The van der Waals surface area contributed by atoms with E-state index in [-0.39, 0.29) is 20.1 Å². The lowest BCUT2D eigenvalue weighted by Crippen LogP contribution is -1.77. The largest absolute Gasteiger partial charge is 0.232 e. The zero-order chi connectivity index (χ0) is 6.69. The summed E-state index contributed by atoms with van der Waals surface area (Å²) in [5.74, 6) is 0. The molecular formula is C7H8BrOS. The highest BCUT2D eigenvalue weighted by Crippen LogP contribution is 2.09. The van der Waals surface area contributed by atoms with Crippen LogP contribution in [-0.4, -0.2) is 0 Å². The van der Waals surface area contributed by atoms with E-state index in [1.54, 1.807) is 0 Å². The van der Waals surface area contributed by atoms with Crippen molar-refractivity contribution in [2.45, 2.75) is 6.61 Å². The van der Waals surface area contributed by atoms with Crippen molar-refractivity contribution in [1.29, 1.82) is 0 Å². The van der Waals surface area contributed by atoms with Crippen LogP contribution in [0.15, 0.2) is 28.7 Å². The predicted molar refractivity (Wildman–Crippen MR) is 48.9 cm³/mol. The lowest BCUT2D eigenvalue weighted by atomic mass is 10.2. The smallest absolute Gasteiger partial charge is 0.107 e. The Morgan fingerprint density at radius 1 is 1.20 bits per heavy atom. The third kappa shape index (κ3) is 2.73. The van der Waals surface area contributed by atoms with Crippen LogP contribution in [-0.2, 0) is 11.7 Å². The van der Waals surface area contributed by atoms with Gasteiger partial charge in [0.1, 0.15) is 6.61 Å². The maximum absolute atomic E-state index is 10.2. The Morgan fingerprint density at radius 3 is 2.10 bits per heavy atom. The minimum atomic E-state index is -0.132. The second-order valence-electron chi connectivity index (χ2n) is 1.77. The molecule has 0 N–H and O–H groups in total. The van der Waals surface area contributed by atoms with Crippen LogP contribution in [0.25, 0.3) is 0 Å². The van der Waals surface area contributed by atoms with Crippen LogP contribution in [0, 0.1) is 0 Å². The SMILES string of the molecule is S.[O]Cc1ccc(Br)cc1. The van der Waals surface area contributed by atoms with Crippen molar-refractivity contribution >= 4 is 29.4 Å². The fraction of sp³-hybridized carbons (Fsp3) is 0.143. The Kier molecular flexibility index (Phi) is 4.77. The summed E-state index contributed by atoms with van der Waals surface area (Å²) in [4.78, 5) is 0. The van der Waals surface area contributed by atoms with E-state index in [1.165, 1.54) is 0 Å². The summed E-state index contributed by atoms with van der Waals surface area (Å²) in [7, 11) is 0. The Hall–Kier alpha value is 0.01000. The monoisotopic (exact) mass is 219 g/mol. The first-order valence-electron chi connectivity index (χ1n) is 2.65. The predicted octanol–water partition coefficient (Wildman–Crippen LogP) is 2.49. The molecule has 0 aliphatic carbocycles. The van der Waals surface area contributed by atoms with Gasteiger partial charge in [-0.3, -0.25) is 0 Å². The number of benzene rings is 1. The topological polar surface area (TPSA) is 19.9 Å². The Labute approximate surface area is 75.7 Å². The molecule has 0 atom stereocenters. The van der Waals surface area contributed by atoms with Gasteiger partial charge in [0.2, 0.25) is 0 Å². The molecule has 1 radical (unpaired) electrons. The summed E-state index contributed by atoms with van der Waals surface area (Å²) in [5.41, 5.74) is 0.832. The molecule has 1 rings (SSSR count). The van der Waals surface area contributed by atoms with E-state index in [0.717, 1.165) is 10.0 Å². The maximum atomic E-state index is 10.2. The van der Waals surface area contributed by atoms with Gasteiger partial charge in [-0.05, 0) is 17.7 Å². The summed E-state index contributed by atoms with van der Waals surface area (Å²) in [6.45, 7) is -0.132. The average molecular weight is 220 g/mol. The van der Waals surface area contributed by atoms with E-state index in [2.05, 4.69) is 15.9 Å². The van der Waals surface area contributed by atoms with Gasteiger partial charge in [-0.25, -0.2) is 5.11 Å². The normalized spacial score (nSPS) is 8.60. The zero-order valence-electron chi connectivity index (χ0n) is 5.30. The van der Waals surface area contributed by atoms with Crippen molar-refractivity contribution in [3.8, 4) is 0 Å². The second kappa shape index (κ2) is 4.77. The van der Waals surface area contributed by atoms with Crippen molar-refractivity contribution in [3.63, 3.8) is 0 Å². The minimum absolute atomic E-state index is 0. The molecule has 1 nitrogen and oxygen atoms in total. The van der Waals surface area contributed by atoms with Crippen LogP contribution in [0.5, 0.6) is 0 Å². The maximum Gasteiger partial charge on any atom is 0.107 e. The molecule has 0 heterocycles. The number of halogens is 1. The molecule has 0 fully saturated rings.